The molecule has 1 saturated carbocycles. The first-order chi connectivity index (χ1) is 7.39. The van der Waals surface area contributed by atoms with Crippen LogP contribution in [0.5, 0.6) is 0 Å². The smallest absolute Gasteiger partial charge is 0.305 e. The maximum atomic E-state index is 11.0. The number of rotatable bonds is 5. The summed E-state index contributed by atoms with van der Waals surface area (Å²) < 4.78 is 5.13. The first-order valence-corrected chi connectivity index (χ1v) is 6.20. The Hall–Kier alpha value is -0.790. The summed E-state index contributed by atoms with van der Waals surface area (Å²) in [7, 11) is 0. The van der Waals surface area contributed by atoms with Crippen LogP contribution < -0.4 is 0 Å². The summed E-state index contributed by atoms with van der Waals surface area (Å²) in [5, 5.41) is 0. The van der Waals surface area contributed by atoms with Crippen molar-refractivity contribution in [2.75, 3.05) is 6.61 Å². The molecule has 0 amide bonds. The van der Waals surface area contributed by atoms with Gasteiger partial charge >= 0.3 is 5.97 Å². The number of allylic oxidation sites excluding steroid dienone is 1. The van der Waals surface area contributed by atoms with Gasteiger partial charge in [0, 0.05) is 6.42 Å². The Morgan fingerprint density at radius 2 is 2.12 bits per heavy atom. The van der Waals surface area contributed by atoms with Crippen molar-refractivity contribution >= 4 is 5.97 Å². The second-order valence-electron chi connectivity index (χ2n) is 5.52. The molecule has 0 spiro atoms. The Morgan fingerprint density at radius 1 is 1.50 bits per heavy atom. The fourth-order valence-corrected chi connectivity index (χ4v) is 2.76. The minimum absolute atomic E-state index is 0.0893. The molecule has 0 aromatic carbocycles. The molecule has 92 valence electrons. The van der Waals surface area contributed by atoms with Crippen LogP contribution in [0.25, 0.3) is 0 Å². The van der Waals surface area contributed by atoms with Crippen LogP contribution in [0.3, 0.4) is 0 Å². The van der Waals surface area contributed by atoms with Crippen LogP contribution in [0.4, 0.5) is 0 Å². The first-order valence-electron chi connectivity index (χ1n) is 6.20. The highest BCUT2D eigenvalue weighted by atomic mass is 16.5. The van der Waals surface area contributed by atoms with E-state index in [9.17, 15) is 4.79 Å². The normalized spacial score (nSPS) is 27.0. The second kappa shape index (κ2) is 5.03. The van der Waals surface area contributed by atoms with Crippen molar-refractivity contribution in [3.05, 3.63) is 12.2 Å². The number of ether oxygens (including phenoxy) is 1. The molecule has 1 rings (SSSR count). The molecule has 0 saturated heterocycles. The van der Waals surface area contributed by atoms with Crippen molar-refractivity contribution in [3.63, 3.8) is 0 Å². The maximum Gasteiger partial charge on any atom is 0.305 e. The Bertz CT molecular complexity index is 278. The molecular formula is C14H24O2. The van der Waals surface area contributed by atoms with Gasteiger partial charge in [-0.3, -0.25) is 4.79 Å². The second-order valence-corrected chi connectivity index (χ2v) is 5.52. The Balaban J connectivity index is 2.31. The molecular weight excluding hydrogens is 200 g/mol. The van der Waals surface area contributed by atoms with Crippen molar-refractivity contribution in [3.8, 4) is 0 Å². The van der Waals surface area contributed by atoms with Gasteiger partial charge in [-0.05, 0) is 37.0 Å². The first kappa shape index (κ1) is 13.3. The number of carbonyl (C=O) groups is 1. The van der Waals surface area contributed by atoms with Crippen LogP contribution in [0, 0.1) is 17.3 Å². The van der Waals surface area contributed by atoms with E-state index in [4.69, 9.17) is 4.74 Å². The third kappa shape index (κ3) is 2.66. The van der Waals surface area contributed by atoms with Crippen LogP contribution in [0.2, 0.25) is 0 Å². The predicted octanol–water partition coefficient (Wildman–Crippen LogP) is 3.57. The molecule has 2 nitrogen and oxygen atoms in total. The van der Waals surface area contributed by atoms with E-state index >= 15 is 0 Å². The molecule has 16 heavy (non-hydrogen) atoms. The van der Waals surface area contributed by atoms with Gasteiger partial charge in [0.1, 0.15) is 0 Å². The predicted molar refractivity (Wildman–Crippen MR) is 66.1 cm³/mol. The molecule has 0 heterocycles. The monoisotopic (exact) mass is 224 g/mol. The lowest BCUT2D eigenvalue weighted by Crippen LogP contribution is -2.45. The lowest BCUT2D eigenvalue weighted by Gasteiger charge is -2.53. The van der Waals surface area contributed by atoms with Crippen LogP contribution in [-0.2, 0) is 9.53 Å². The van der Waals surface area contributed by atoms with Crippen LogP contribution in [0.1, 0.15) is 47.0 Å². The van der Waals surface area contributed by atoms with E-state index < -0.39 is 0 Å². The van der Waals surface area contributed by atoms with Gasteiger partial charge in [-0.2, -0.15) is 0 Å². The molecule has 2 heteroatoms. The molecule has 1 aliphatic rings. The average molecular weight is 224 g/mol. The molecule has 0 bridgehead atoms. The van der Waals surface area contributed by atoms with Gasteiger partial charge < -0.3 is 4.74 Å². The zero-order valence-corrected chi connectivity index (χ0v) is 11.0. The summed E-state index contributed by atoms with van der Waals surface area (Å²) in [6.07, 6.45) is 2.66. The van der Waals surface area contributed by atoms with Crippen molar-refractivity contribution in [1.82, 2.24) is 0 Å². The molecule has 0 aliphatic heterocycles. The molecule has 0 N–H and O–H groups in total. The molecule has 1 aliphatic carbocycles. The Labute approximate surface area is 99.1 Å². The van der Waals surface area contributed by atoms with Gasteiger partial charge in [-0.1, -0.05) is 32.9 Å². The summed E-state index contributed by atoms with van der Waals surface area (Å²) in [4.78, 5) is 11.0. The minimum atomic E-state index is -0.0893. The van der Waals surface area contributed by atoms with Crippen molar-refractivity contribution in [2.24, 2.45) is 17.3 Å². The SMILES string of the molecule is C=C(C)[C@@H]1C[C@H](CCOC(=O)CC)C1(C)C. The minimum Gasteiger partial charge on any atom is -0.466 e. The summed E-state index contributed by atoms with van der Waals surface area (Å²) in [6, 6.07) is 0. The van der Waals surface area contributed by atoms with E-state index in [1.165, 1.54) is 12.0 Å². The summed E-state index contributed by atoms with van der Waals surface area (Å²) in [5.41, 5.74) is 1.61. The van der Waals surface area contributed by atoms with Gasteiger partial charge in [0.2, 0.25) is 0 Å². The van der Waals surface area contributed by atoms with E-state index in [0.29, 0.717) is 30.3 Å². The van der Waals surface area contributed by atoms with Gasteiger partial charge in [-0.15, -0.1) is 0 Å². The van der Waals surface area contributed by atoms with E-state index in [1.54, 1.807) is 0 Å². The molecule has 0 unspecified atom stereocenters. The number of hydrogen-bond donors (Lipinski definition) is 0. The van der Waals surface area contributed by atoms with Crippen LogP contribution in [-0.4, -0.2) is 12.6 Å². The van der Waals surface area contributed by atoms with E-state index in [-0.39, 0.29) is 5.97 Å². The van der Waals surface area contributed by atoms with Crippen molar-refractivity contribution in [2.45, 2.75) is 47.0 Å². The Morgan fingerprint density at radius 3 is 2.56 bits per heavy atom. The zero-order valence-electron chi connectivity index (χ0n) is 11.0. The fraction of sp³-hybridized carbons (Fsp3) is 0.786. The molecule has 2 atom stereocenters. The van der Waals surface area contributed by atoms with E-state index in [2.05, 4.69) is 27.4 Å². The topological polar surface area (TPSA) is 26.3 Å². The van der Waals surface area contributed by atoms with Gasteiger partial charge in [0.15, 0.2) is 0 Å². The molecule has 0 radical (unpaired) electrons. The van der Waals surface area contributed by atoms with E-state index in [0.717, 1.165) is 6.42 Å². The average Bonchev–Trinajstić information content (AvgIpc) is 2.20. The third-order valence-corrected chi connectivity index (χ3v) is 4.08. The fourth-order valence-electron chi connectivity index (χ4n) is 2.76. The molecule has 0 aromatic heterocycles. The molecule has 1 fully saturated rings. The summed E-state index contributed by atoms with van der Waals surface area (Å²) in [5.74, 6) is 1.21. The van der Waals surface area contributed by atoms with Gasteiger partial charge in [0.05, 0.1) is 6.61 Å². The van der Waals surface area contributed by atoms with Crippen molar-refractivity contribution in [1.29, 1.82) is 0 Å². The number of esters is 1. The highest BCUT2D eigenvalue weighted by molar-refractivity contribution is 5.68. The number of carbonyl (C=O) groups excluding carboxylic acids is 1. The highest BCUT2D eigenvalue weighted by Gasteiger charge is 2.47. The molecule has 0 aromatic rings. The maximum absolute atomic E-state index is 11.0. The third-order valence-electron chi connectivity index (χ3n) is 4.08. The quantitative estimate of drug-likeness (QED) is 0.527. The zero-order chi connectivity index (χ0) is 12.3. The van der Waals surface area contributed by atoms with E-state index in [1.807, 2.05) is 6.92 Å². The summed E-state index contributed by atoms with van der Waals surface area (Å²) in [6.45, 7) is 13.1. The lowest BCUT2D eigenvalue weighted by atomic mass is 9.52. The van der Waals surface area contributed by atoms with Gasteiger partial charge in [-0.25, -0.2) is 0 Å². The van der Waals surface area contributed by atoms with Crippen LogP contribution in [0.15, 0.2) is 12.2 Å². The largest absolute Gasteiger partial charge is 0.466 e. The lowest BCUT2D eigenvalue weighted by molar-refractivity contribution is -0.144. The number of hydrogen-bond acceptors (Lipinski definition) is 2. The van der Waals surface area contributed by atoms with Crippen LogP contribution >= 0.6 is 0 Å². The van der Waals surface area contributed by atoms with Gasteiger partial charge in [0.25, 0.3) is 0 Å². The summed E-state index contributed by atoms with van der Waals surface area (Å²) >= 11 is 0. The van der Waals surface area contributed by atoms with Crippen molar-refractivity contribution < 1.29 is 9.53 Å². The Kier molecular flexibility index (Phi) is 4.17. The highest BCUT2D eigenvalue weighted by Crippen LogP contribution is 2.55. The standard InChI is InChI=1S/C14H24O2/c1-6-13(15)16-8-7-11-9-12(10(2)3)14(11,4)5/h11-12H,2,6-9H2,1,3-5H3/t11-,12-/m0/s1.